The van der Waals surface area contributed by atoms with Crippen molar-refractivity contribution in [2.24, 2.45) is 0 Å². The first-order valence-electron chi connectivity index (χ1n) is 9.81. The van der Waals surface area contributed by atoms with Crippen molar-refractivity contribution in [1.82, 2.24) is 4.98 Å². The van der Waals surface area contributed by atoms with Gasteiger partial charge in [0.05, 0.1) is 11.0 Å². The first-order valence-corrected chi connectivity index (χ1v) is 10.9. The highest BCUT2D eigenvalue weighted by Crippen LogP contribution is 2.28. The Kier molecular flexibility index (Phi) is 7.07. The van der Waals surface area contributed by atoms with Crippen LogP contribution in [0.3, 0.4) is 0 Å². The number of para-hydroxylation sites is 1. The molecule has 1 aromatic heterocycles. The SMILES string of the molecule is CCCCCCCC(Oc1cccc2nc3ccccc3cc12)=[SH]CC. The highest BCUT2D eigenvalue weighted by atomic mass is 32.1. The number of nitrogens with zero attached hydrogens (tertiary/aromatic N) is 1. The van der Waals surface area contributed by atoms with Crippen LogP contribution in [0.5, 0.6) is 5.75 Å². The second-order valence-electron chi connectivity index (χ2n) is 6.64. The molecule has 0 aliphatic rings. The molecule has 3 rings (SSSR count). The number of pyridine rings is 1. The van der Waals surface area contributed by atoms with E-state index < -0.39 is 0 Å². The zero-order valence-corrected chi connectivity index (χ0v) is 16.8. The van der Waals surface area contributed by atoms with E-state index in [1.165, 1.54) is 48.5 Å². The fraction of sp³-hybridized carbons (Fsp3) is 0.391. The van der Waals surface area contributed by atoms with Gasteiger partial charge in [-0.3, -0.25) is 0 Å². The summed E-state index contributed by atoms with van der Waals surface area (Å²) in [5, 5.41) is 3.44. The molecular formula is C23H29NOS. The van der Waals surface area contributed by atoms with Gasteiger partial charge < -0.3 is 4.74 Å². The summed E-state index contributed by atoms with van der Waals surface area (Å²) in [6.45, 7) is 4.47. The zero-order valence-electron chi connectivity index (χ0n) is 15.9. The van der Waals surface area contributed by atoms with Crippen molar-refractivity contribution in [3.63, 3.8) is 0 Å². The summed E-state index contributed by atoms with van der Waals surface area (Å²) in [5.74, 6) is 2.03. The van der Waals surface area contributed by atoms with Gasteiger partial charge in [0, 0.05) is 17.2 Å². The first kappa shape index (κ1) is 18.9. The van der Waals surface area contributed by atoms with Crippen LogP contribution in [-0.2, 0) is 0 Å². The third-order valence-electron chi connectivity index (χ3n) is 4.58. The van der Waals surface area contributed by atoms with E-state index >= 15 is 0 Å². The molecule has 0 saturated heterocycles. The van der Waals surface area contributed by atoms with Crippen molar-refractivity contribution in [2.75, 3.05) is 5.75 Å². The van der Waals surface area contributed by atoms with Gasteiger partial charge in [-0.25, -0.2) is 4.98 Å². The minimum atomic E-state index is 0.935. The topological polar surface area (TPSA) is 22.1 Å². The smallest absolute Gasteiger partial charge is 0.137 e. The number of unbranched alkanes of at least 4 members (excludes halogenated alkanes) is 4. The number of thiol groups is 1. The lowest BCUT2D eigenvalue weighted by Gasteiger charge is -2.13. The summed E-state index contributed by atoms with van der Waals surface area (Å²) in [4.78, 5) is 4.80. The van der Waals surface area contributed by atoms with E-state index in [2.05, 4.69) is 50.2 Å². The van der Waals surface area contributed by atoms with Crippen LogP contribution in [0.15, 0.2) is 48.5 Å². The molecule has 0 saturated carbocycles. The fourth-order valence-corrected chi connectivity index (χ4v) is 4.04. The number of aromatic nitrogens is 1. The van der Waals surface area contributed by atoms with E-state index in [0.717, 1.165) is 39.7 Å². The molecule has 1 heterocycles. The third kappa shape index (κ3) is 4.85. The molecule has 0 spiro atoms. The summed E-state index contributed by atoms with van der Waals surface area (Å²) in [7, 11) is 0. The molecule has 26 heavy (non-hydrogen) atoms. The minimum Gasteiger partial charge on any atom is -0.455 e. The predicted molar refractivity (Wildman–Crippen MR) is 118 cm³/mol. The van der Waals surface area contributed by atoms with Crippen molar-refractivity contribution < 1.29 is 4.74 Å². The maximum atomic E-state index is 6.39. The van der Waals surface area contributed by atoms with E-state index in [-0.39, 0.29) is 0 Å². The highest BCUT2D eigenvalue weighted by molar-refractivity contribution is 7.98. The molecule has 3 heteroatoms. The maximum Gasteiger partial charge on any atom is 0.137 e. The van der Waals surface area contributed by atoms with Gasteiger partial charge in [0.2, 0.25) is 0 Å². The second kappa shape index (κ2) is 9.72. The molecule has 0 atom stereocenters. The summed E-state index contributed by atoms with van der Waals surface area (Å²) in [5.41, 5.74) is 2.03. The Balaban J connectivity index is 1.81. The number of benzene rings is 2. The average Bonchev–Trinajstić information content (AvgIpc) is 2.66. The number of hydrogen-bond acceptors (Lipinski definition) is 2. The largest absolute Gasteiger partial charge is 0.455 e. The molecule has 0 fully saturated rings. The predicted octanol–water partition coefficient (Wildman–Crippen LogP) is 6.74. The summed E-state index contributed by atoms with van der Waals surface area (Å²) < 4.78 is 6.39. The van der Waals surface area contributed by atoms with Gasteiger partial charge in [-0.15, -0.1) is 0 Å². The van der Waals surface area contributed by atoms with Crippen LogP contribution in [0, 0.1) is 0 Å². The van der Waals surface area contributed by atoms with Gasteiger partial charge in [-0.05, 0) is 36.4 Å². The van der Waals surface area contributed by atoms with Crippen molar-refractivity contribution >= 4 is 38.2 Å². The lowest BCUT2D eigenvalue weighted by atomic mass is 10.1. The van der Waals surface area contributed by atoms with Crippen LogP contribution in [0.2, 0.25) is 0 Å². The quantitative estimate of drug-likeness (QED) is 0.206. The van der Waals surface area contributed by atoms with Gasteiger partial charge in [-0.2, -0.15) is 11.4 Å². The second-order valence-corrected chi connectivity index (χ2v) is 8.09. The first-order chi connectivity index (χ1) is 12.8. The highest BCUT2D eigenvalue weighted by Gasteiger charge is 2.08. The number of fused-ring (bicyclic) bond motifs is 2. The van der Waals surface area contributed by atoms with Gasteiger partial charge in [0.25, 0.3) is 0 Å². The van der Waals surface area contributed by atoms with Crippen molar-refractivity contribution in [3.05, 3.63) is 48.5 Å². The van der Waals surface area contributed by atoms with Crippen LogP contribution < -0.4 is 4.74 Å². The van der Waals surface area contributed by atoms with Crippen LogP contribution in [0.4, 0.5) is 0 Å². The van der Waals surface area contributed by atoms with E-state index in [1.807, 2.05) is 12.1 Å². The molecule has 0 amide bonds. The molecule has 0 aliphatic carbocycles. The fourth-order valence-electron chi connectivity index (χ4n) is 3.21. The monoisotopic (exact) mass is 367 g/mol. The van der Waals surface area contributed by atoms with Crippen molar-refractivity contribution in [3.8, 4) is 5.75 Å². The summed E-state index contributed by atoms with van der Waals surface area (Å²) >= 11 is 1.30. The molecule has 2 nitrogen and oxygen atoms in total. The Morgan fingerprint density at radius 2 is 1.73 bits per heavy atom. The van der Waals surface area contributed by atoms with Crippen LogP contribution in [-0.4, -0.2) is 15.8 Å². The lowest BCUT2D eigenvalue weighted by molar-refractivity contribution is 0.539. The Bertz CT molecular complexity index is 888. The molecular weight excluding hydrogens is 338 g/mol. The number of hydrogen-bond donors (Lipinski definition) is 1. The van der Waals surface area contributed by atoms with Gasteiger partial charge in [0.15, 0.2) is 0 Å². The Morgan fingerprint density at radius 1 is 0.923 bits per heavy atom. The van der Waals surface area contributed by atoms with Crippen molar-refractivity contribution in [2.45, 2.75) is 52.4 Å². The molecule has 3 aromatic rings. The average molecular weight is 368 g/mol. The Hall–Kier alpha value is -1.87. The van der Waals surface area contributed by atoms with Gasteiger partial charge in [0.1, 0.15) is 10.8 Å². The van der Waals surface area contributed by atoms with E-state index in [4.69, 9.17) is 9.72 Å². The molecule has 0 bridgehead atoms. The van der Waals surface area contributed by atoms with E-state index in [9.17, 15) is 0 Å². The Morgan fingerprint density at radius 3 is 2.58 bits per heavy atom. The summed E-state index contributed by atoms with van der Waals surface area (Å²) in [6, 6.07) is 16.6. The molecule has 0 unspecified atom stereocenters. The molecule has 0 radical (unpaired) electrons. The molecule has 0 N–H and O–H groups in total. The van der Waals surface area contributed by atoms with Crippen LogP contribution in [0.1, 0.15) is 52.4 Å². The zero-order chi connectivity index (χ0) is 18.2. The van der Waals surface area contributed by atoms with Gasteiger partial charge in [-0.1, -0.05) is 63.8 Å². The van der Waals surface area contributed by atoms with E-state index in [0.29, 0.717) is 0 Å². The normalized spacial score (nSPS) is 12.3. The number of ether oxygens (including phenoxy) is 1. The standard InChI is InChI=1S/C23H29NOS/c1-3-5-6-7-8-16-23(26-4-2)25-22-15-11-14-21-19(22)17-18-12-9-10-13-20(18)24-21/h9-15,17,26H,3-8,16H2,1-2H3. The summed E-state index contributed by atoms with van der Waals surface area (Å²) in [6.07, 6.45) is 7.52. The molecule has 2 aromatic carbocycles. The van der Waals surface area contributed by atoms with Crippen LogP contribution in [0.25, 0.3) is 21.8 Å². The van der Waals surface area contributed by atoms with E-state index in [1.54, 1.807) is 0 Å². The number of rotatable bonds is 8. The minimum absolute atomic E-state index is 0.935. The van der Waals surface area contributed by atoms with Crippen molar-refractivity contribution in [1.29, 1.82) is 0 Å². The van der Waals surface area contributed by atoms with Crippen LogP contribution >= 0.6 is 11.4 Å². The molecule has 138 valence electrons. The third-order valence-corrected chi connectivity index (χ3v) is 5.56. The Labute approximate surface area is 160 Å². The lowest BCUT2D eigenvalue weighted by Crippen LogP contribution is -2.07. The van der Waals surface area contributed by atoms with Gasteiger partial charge >= 0.3 is 0 Å². The molecule has 0 aliphatic heterocycles. The maximum absolute atomic E-state index is 6.39.